The minimum Gasteiger partial charge on any atom is -0.342 e. The first kappa shape index (κ1) is 10.2. The summed E-state index contributed by atoms with van der Waals surface area (Å²) in [5.41, 5.74) is 0.411. The largest absolute Gasteiger partial charge is 0.342 e. The van der Waals surface area contributed by atoms with Crippen molar-refractivity contribution >= 4 is 5.91 Å². The van der Waals surface area contributed by atoms with Gasteiger partial charge in [-0.25, -0.2) is 15.0 Å². The van der Waals surface area contributed by atoms with E-state index in [-0.39, 0.29) is 11.9 Å². The molecule has 0 saturated carbocycles. The van der Waals surface area contributed by atoms with Gasteiger partial charge in [-0.1, -0.05) is 0 Å². The molecule has 0 aliphatic heterocycles. The highest BCUT2D eigenvalue weighted by molar-refractivity contribution is 5.93. The normalized spacial score (nSPS) is 12.1. The summed E-state index contributed by atoms with van der Waals surface area (Å²) in [6, 6.07) is -0.241. The van der Waals surface area contributed by atoms with Crippen LogP contribution < -0.4 is 5.32 Å². The quantitative estimate of drug-likeness (QED) is 0.760. The predicted octanol–water partition coefficient (Wildman–Crippen LogP) is 0.0857. The van der Waals surface area contributed by atoms with Gasteiger partial charge in [-0.05, 0) is 6.92 Å². The zero-order valence-electron chi connectivity index (χ0n) is 8.58. The van der Waals surface area contributed by atoms with Crippen LogP contribution in [-0.4, -0.2) is 31.1 Å². The molecule has 0 radical (unpaired) electrons. The van der Waals surface area contributed by atoms with Gasteiger partial charge >= 0.3 is 0 Å². The Hall–Kier alpha value is -2.31. The van der Waals surface area contributed by atoms with E-state index < -0.39 is 0 Å². The molecule has 7 heteroatoms. The molecule has 0 aliphatic carbocycles. The van der Waals surface area contributed by atoms with Gasteiger partial charge in [0.05, 0.1) is 11.6 Å². The van der Waals surface area contributed by atoms with E-state index in [1.807, 2.05) is 6.92 Å². The topological polar surface area (TPSA) is 96.5 Å². The number of nitrogens with one attached hydrogen (secondary N) is 2. The molecular formula is C9H10N6O. The third-order valence-electron chi connectivity index (χ3n) is 2.01. The van der Waals surface area contributed by atoms with Crippen molar-refractivity contribution in [1.82, 2.24) is 30.5 Å². The molecule has 0 fully saturated rings. The lowest BCUT2D eigenvalue weighted by Gasteiger charge is -2.10. The van der Waals surface area contributed by atoms with E-state index in [1.165, 1.54) is 25.0 Å². The average Bonchev–Trinajstić information content (AvgIpc) is 2.83. The van der Waals surface area contributed by atoms with Gasteiger partial charge in [-0.15, -0.1) is 0 Å². The Morgan fingerprint density at radius 1 is 1.38 bits per heavy atom. The van der Waals surface area contributed by atoms with Crippen molar-refractivity contribution in [1.29, 1.82) is 0 Å². The minimum absolute atomic E-state index is 0.241. The zero-order valence-corrected chi connectivity index (χ0v) is 8.58. The molecule has 2 rings (SSSR count). The van der Waals surface area contributed by atoms with Gasteiger partial charge < -0.3 is 5.32 Å². The van der Waals surface area contributed by atoms with Crippen molar-refractivity contribution in [3.63, 3.8) is 0 Å². The SMILES string of the molecule is CC(NC(=O)c1cncnc1)c1ncn[nH]1. The van der Waals surface area contributed by atoms with Crippen molar-refractivity contribution in [3.05, 3.63) is 36.4 Å². The number of nitrogens with zero attached hydrogens (tertiary/aromatic N) is 4. The smallest absolute Gasteiger partial charge is 0.254 e. The van der Waals surface area contributed by atoms with Crippen molar-refractivity contribution in [2.75, 3.05) is 0 Å². The summed E-state index contributed by atoms with van der Waals surface area (Å²) in [5.74, 6) is 0.356. The number of H-pyrrole nitrogens is 1. The van der Waals surface area contributed by atoms with Gasteiger partial charge in [0.1, 0.15) is 18.5 Å². The highest BCUT2D eigenvalue weighted by Gasteiger charge is 2.13. The predicted molar refractivity (Wildman–Crippen MR) is 54.3 cm³/mol. The molecule has 2 N–H and O–H groups in total. The van der Waals surface area contributed by atoms with Crippen LogP contribution in [0.25, 0.3) is 0 Å². The van der Waals surface area contributed by atoms with Gasteiger partial charge in [-0.3, -0.25) is 9.89 Å². The molecular weight excluding hydrogens is 208 g/mol. The van der Waals surface area contributed by atoms with Crippen LogP contribution in [0.3, 0.4) is 0 Å². The van der Waals surface area contributed by atoms with Gasteiger partial charge in [0, 0.05) is 12.4 Å². The third kappa shape index (κ3) is 2.19. The van der Waals surface area contributed by atoms with E-state index in [0.29, 0.717) is 11.4 Å². The first-order valence-corrected chi connectivity index (χ1v) is 4.68. The number of amides is 1. The lowest BCUT2D eigenvalue weighted by molar-refractivity contribution is 0.0937. The molecule has 1 amide bonds. The fourth-order valence-corrected chi connectivity index (χ4v) is 1.19. The number of aromatic nitrogens is 5. The Morgan fingerprint density at radius 3 is 2.75 bits per heavy atom. The number of aromatic amines is 1. The fraction of sp³-hybridized carbons (Fsp3) is 0.222. The second kappa shape index (κ2) is 4.47. The van der Waals surface area contributed by atoms with Crippen LogP contribution in [0.5, 0.6) is 0 Å². The molecule has 2 aromatic heterocycles. The average molecular weight is 218 g/mol. The van der Waals surface area contributed by atoms with Crippen LogP contribution in [0.15, 0.2) is 25.0 Å². The van der Waals surface area contributed by atoms with Crippen LogP contribution in [0.1, 0.15) is 29.1 Å². The highest BCUT2D eigenvalue weighted by Crippen LogP contribution is 2.05. The van der Waals surface area contributed by atoms with Crippen molar-refractivity contribution in [2.45, 2.75) is 13.0 Å². The van der Waals surface area contributed by atoms with E-state index in [2.05, 4.69) is 30.5 Å². The van der Waals surface area contributed by atoms with Crippen LogP contribution in [-0.2, 0) is 0 Å². The number of rotatable bonds is 3. The molecule has 0 bridgehead atoms. The summed E-state index contributed by atoms with van der Waals surface area (Å²) in [6.07, 6.45) is 5.67. The summed E-state index contributed by atoms with van der Waals surface area (Å²) < 4.78 is 0. The molecule has 7 nitrogen and oxygen atoms in total. The number of carbonyl (C=O) groups excluding carboxylic acids is 1. The molecule has 2 aromatic rings. The molecule has 16 heavy (non-hydrogen) atoms. The minimum atomic E-state index is -0.246. The maximum absolute atomic E-state index is 11.7. The standard InChI is InChI=1S/C9H10N6O/c1-6(8-12-5-13-15-8)14-9(16)7-2-10-4-11-3-7/h2-6H,1H3,(H,14,16)(H,12,13,15). The summed E-state index contributed by atoms with van der Waals surface area (Å²) >= 11 is 0. The van der Waals surface area contributed by atoms with Crippen LogP contribution in [0.2, 0.25) is 0 Å². The summed E-state index contributed by atoms with van der Waals surface area (Å²) in [5, 5.41) is 9.14. The Labute approximate surface area is 91.4 Å². The molecule has 0 aliphatic rings. The Balaban J connectivity index is 2.03. The highest BCUT2D eigenvalue weighted by atomic mass is 16.1. The third-order valence-corrected chi connectivity index (χ3v) is 2.01. The van der Waals surface area contributed by atoms with Crippen LogP contribution in [0, 0.1) is 0 Å². The van der Waals surface area contributed by atoms with Crippen LogP contribution >= 0.6 is 0 Å². The van der Waals surface area contributed by atoms with Gasteiger partial charge in [0.15, 0.2) is 0 Å². The molecule has 0 saturated heterocycles. The first-order chi connectivity index (χ1) is 7.77. The Bertz CT molecular complexity index is 454. The van der Waals surface area contributed by atoms with Gasteiger partial charge in [0.2, 0.25) is 0 Å². The Kier molecular flexibility index (Phi) is 2.86. The summed E-state index contributed by atoms with van der Waals surface area (Å²) in [4.78, 5) is 23.2. The Morgan fingerprint density at radius 2 is 2.12 bits per heavy atom. The van der Waals surface area contributed by atoms with Gasteiger partial charge in [-0.2, -0.15) is 5.10 Å². The first-order valence-electron chi connectivity index (χ1n) is 4.68. The second-order valence-electron chi connectivity index (χ2n) is 3.19. The fourth-order valence-electron chi connectivity index (χ4n) is 1.19. The molecule has 82 valence electrons. The molecule has 1 unspecified atom stereocenters. The zero-order chi connectivity index (χ0) is 11.4. The maximum atomic E-state index is 11.7. The second-order valence-corrected chi connectivity index (χ2v) is 3.19. The van der Waals surface area contributed by atoms with Crippen molar-refractivity contribution < 1.29 is 4.79 Å². The lowest BCUT2D eigenvalue weighted by Crippen LogP contribution is -2.27. The monoisotopic (exact) mass is 218 g/mol. The number of hydrogen-bond acceptors (Lipinski definition) is 5. The van der Waals surface area contributed by atoms with Crippen LogP contribution in [0.4, 0.5) is 0 Å². The maximum Gasteiger partial charge on any atom is 0.254 e. The van der Waals surface area contributed by atoms with E-state index in [1.54, 1.807) is 0 Å². The molecule has 0 spiro atoms. The van der Waals surface area contributed by atoms with E-state index in [9.17, 15) is 4.79 Å². The molecule has 1 atom stereocenters. The van der Waals surface area contributed by atoms with Crippen molar-refractivity contribution in [2.24, 2.45) is 0 Å². The number of hydrogen-bond donors (Lipinski definition) is 2. The van der Waals surface area contributed by atoms with Crippen molar-refractivity contribution in [3.8, 4) is 0 Å². The molecule has 2 heterocycles. The van der Waals surface area contributed by atoms with E-state index in [0.717, 1.165) is 0 Å². The number of carbonyl (C=O) groups is 1. The summed E-state index contributed by atoms with van der Waals surface area (Å²) in [7, 11) is 0. The van der Waals surface area contributed by atoms with Gasteiger partial charge in [0.25, 0.3) is 5.91 Å². The van der Waals surface area contributed by atoms with E-state index >= 15 is 0 Å². The molecule has 0 aromatic carbocycles. The lowest BCUT2D eigenvalue weighted by atomic mass is 10.2. The van der Waals surface area contributed by atoms with E-state index in [4.69, 9.17) is 0 Å². The summed E-state index contributed by atoms with van der Waals surface area (Å²) in [6.45, 7) is 1.81.